The lowest BCUT2D eigenvalue weighted by Gasteiger charge is -2.35. The van der Waals surface area contributed by atoms with Crippen LogP contribution in [0, 0.1) is 11.7 Å². The number of nitrogens with zero attached hydrogens (tertiary/aromatic N) is 3. The van der Waals surface area contributed by atoms with Crippen LogP contribution in [0.4, 0.5) is 10.1 Å². The second-order valence-corrected chi connectivity index (χ2v) is 10.4. The van der Waals surface area contributed by atoms with Gasteiger partial charge >= 0.3 is 0 Å². The van der Waals surface area contributed by atoms with Crippen LogP contribution in [-0.4, -0.2) is 54.2 Å². The third-order valence-electron chi connectivity index (χ3n) is 5.36. The molecule has 1 aliphatic rings. The Morgan fingerprint density at radius 1 is 1.35 bits per heavy atom. The molecule has 1 amide bonds. The zero-order valence-corrected chi connectivity index (χ0v) is 20.0. The molecule has 3 heterocycles. The maximum Gasteiger partial charge on any atom is 0.288 e. The van der Waals surface area contributed by atoms with Crippen molar-refractivity contribution < 1.29 is 22.3 Å². The second-order valence-electron chi connectivity index (χ2n) is 8.10. The average Bonchev–Trinajstić information content (AvgIpc) is 3.22. The number of halogens is 2. The Morgan fingerprint density at radius 2 is 2.12 bits per heavy atom. The molecule has 0 radical (unpaired) electrons. The van der Waals surface area contributed by atoms with Crippen LogP contribution in [0.1, 0.15) is 29.1 Å². The van der Waals surface area contributed by atoms with Crippen LogP contribution >= 0.6 is 11.6 Å². The lowest BCUT2D eigenvalue weighted by Crippen LogP contribution is -2.37. The molecule has 0 unspecified atom stereocenters. The van der Waals surface area contributed by atoms with E-state index in [0.29, 0.717) is 30.1 Å². The van der Waals surface area contributed by atoms with Crippen molar-refractivity contribution in [2.75, 3.05) is 24.8 Å². The van der Waals surface area contributed by atoms with Crippen LogP contribution in [0.15, 0.2) is 48.3 Å². The molecule has 180 valence electrons. The molecule has 0 saturated carbocycles. The number of aromatic nitrogens is 3. The maximum absolute atomic E-state index is 14.1. The minimum Gasteiger partial charge on any atom is -0.381 e. The first kappa shape index (κ1) is 24.1. The summed E-state index contributed by atoms with van der Waals surface area (Å²) in [4.78, 5) is 21.4. The minimum absolute atomic E-state index is 0.0337. The highest BCUT2D eigenvalue weighted by Crippen LogP contribution is 2.36. The second kappa shape index (κ2) is 9.69. The van der Waals surface area contributed by atoms with Crippen molar-refractivity contribution in [3.05, 3.63) is 70.5 Å². The molecule has 34 heavy (non-hydrogen) atoms. The number of fused-ring (bicyclic) bond motifs is 1. The topological polar surface area (TPSA) is 115 Å². The smallest absolute Gasteiger partial charge is 0.288 e. The summed E-state index contributed by atoms with van der Waals surface area (Å²) in [5, 5.41) is 7.11. The molecule has 2 N–H and O–H groups in total. The number of rotatable bonds is 8. The molecule has 2 aromatic heterocycles. The van der Waals surface area contributed by atoms with E-state index in [0.717, 1.165) is 11.7 Å². The van der Waals surface area contributed by atoms with Gasteiger partial charge in [-0.15, -0.1) is 0 Å². The zero-order valence-electron chi connectivity index (χ0n) is 18.4. The van der Waals surface area contributed by atoms with Gasteiger partial charge in [-0.3, -0.25) is 9.20 Å². The van der Waals surface area contributed by atoms with Gasteiger partial charge < -0.3 is 15.4 Å². The Hall–Kier alpha value is -3.02. The molecule has 1 aromatic carbocycles. The summed E-state index contributed by atoms with van der Waals surface area (Å²) in [5.74, 6) is -0.886. The van der Waals surface area contributed by atoms with E-state index in [-0.39, 0.29) is 22.8 Å². The lowest BCUT2D eigenvalue weighted by molar-refractivity contribution is -0.0410. The zero-order chi connectivity index (χ0) is 24.5. The van der Waals surface area contributed by atoms with Crippen LogP contribution in [-0.2, 0) is 14.6 Å². The van der Waals surface area contributed by atoms with E-state index in [2.05, 4.69) is 20.6 Å². The van der Waals surface area contributed by atoms with Crippen molar-refractivity contribution in [3.8, 4) is 0 Å². The summed E-state index contributed by atoms with van der Waals surface area (Å²) >= 11 is 6.26. The molecular formula is C22H23ClFN5O4S. The highest BCUT2D eigenvalue weighted by atomic mass is 35.5. The summed E-state index contributed by atoms with van der Waals surface area (Å²) in [6, 6.07) is 3.75. The van der Waals surface area contributed by atoms with Gasteiger partial charge in [-0.2, -0.15) is 0 Å². The standard InChI is InChI=1S/C22H23ClFN5O4S/c1-13(6-9-34(2,31)32)27-22(30)21-26-10-17(20-25-7-8-29(20)21)28-19(14-11-33-12-14)15-4-3-5-16(24)18(15)23/h3-10,13-14,19,28H,11-12H2,1-2H3,(H,27,30)/b9-6+/t13-,19+/m1/s1. The summed E-state index contributed by atoms with van der Waals surface area (Å²) in [7, 11) is -3.31. The highest BCUT2D eigenvalue weighted by molar-refractivity contribution is 7.93. The number of ether oxygens (including phenoxy) is 1. The fraction of sp³-hybridized carbons (Fsp3) is 0.318. The molecule has 9 nitrogen and oxygen atoms in total. The average molecular weight is 508 g/mol. The predicted octanol–water partition coefficient (Wildman–Crippen LogP) is 3.00. The van der Waals surface area contributed by atoms with E-state index in [1.807, 2.05) is 0 Å². The van der Waals surface area contributed by atoms with E-state index in [1.54, 1.807) is 25.3 Å². The first-order valence-electron chi connectivity index (χ1n) is 10.4. The predicted molar refractivity (Wildman–Crippen MR) is 126 cm³/mol. The number of benzene rings is 1. The molecule has 1 saturated heterocycles. The van der Waals surface area contributed by atoms with Gasteiger partial charge in [-0.1, -0.05) is 29.8 Å². The largest absolute Gasteiger partial charge is 0.381 e. The Morgan fingerprint density at radius 3 is 2.79 bits per heavy atom. The van der Waals surface area contributed by atoms with Crippen molar-refractivity contribution in [1.82, 2.24) is 19.7 Å². The third-order valence-corrected chi connectivity index (χ3v) is 6.42. The first-order chi connectivity index (χ1) is 16.1. The van der Waals surface area contributed by atoms with Gasteiger partial charge in [0, 0.05) is 36.0 Å². The molecule has 1 fully saturated rings. The monoisotopic (exact) mass is 507 g/mol. The number of imidazole rings is 1. The molecule has 3 aromatic rings. The number of anilines is 1. The molecule has 0 bridgehead atoms. The van der Waals surface area contributed by atoms with Crippen LogP contribution < -0.4 is 10.6 Å². The van der Waals surface area contributed by atoms with Crippen LogP contribution in [0.25, 0.3) is 5.65 Å². The molecule has 12 heteroatoms. The van der Waals surface area contributed by atoms with E-state index in [1.165, 1.54) is 28.9 Å². The Bertz CT molecular complexity index is 1360. The molecule has 1 aliphatic heterocycles. The van der Waals surface area contributed by atoms with Crippen molar-refractivity contribution in [2.45, 2.75) is 19.0 Å². The van der Waals surface area contributed by atoms with Crippen LogP contribution in [0.3, 0.4) is 0 Å². The number of hydrogen-bond donors (Lipinski definition) is 2. The van der Waals surface area contributed by atoms with Gasteiger partial charge in [-0.05, 0) is 18.6 Å². The van der Waals surface area contributed by atoms with Crippen molar-refractivity contribution in [3.63, 3.8) is 0 Å². The van der Waals surface area contributed by atoms with Gasteiger partial charge in [0.05, 0.1) is 36.2 Å². The summed E-state index contributed by atoms with van der Waals surface area (Å²) in [6.07, 6.45) is 7.05. The number of sulfone groups is 1. The molecule has 2 atom stereocenters. The van der Waals surface area contributed by atoms with E-state index in [9.17, 15) is 17.6 Å². The Labute approximate surface area is 200 Å². The summed E-state index contributed by atoms with van der Waals surface area (Å²) in [6.45, 7) is 2.62. The quantitative estimate of drug-likeness (QED) is 0.481. The van der Waals surface area contributed by atoms with Gasteiger partial charge in [0.1, 0.15) is 5.82 Å². The van der Waals surface area contributed by atoms with Crippen LogP contribution in [0.2, 0.25) is 5.02 Å². The van der Waals surface area contributed by atoms with Crippen molar-refractivity contribution in [2.24, 2.45) is 5.92 Å². The normalized spacial score (nSPS) is 16.4. The van der Waals surface area contributed by atoms with Gasteiger partial charge in [0.15, 0.2) is 15.5 Å². The van der Waals surface area contributed by atoms with E-state index in [4.69, 9.17) is 16.3 Å². The molecule has 0 spiro atoms. The summed E-state index contributed by atoms with van der Waals surface area (Å²) < 4.78 is 43.6. The maximum atomic E-state index is 14.1. The van der Waals surface area contributed by atoms with Crippen LogP contribution in [0.5, 0.6) is 0 Å². The summed E-state index contributed by atoms with van der Waals surface area (Å²) in [5.41, 5.74) is 1.56. The number of carbonyl (C=O) groups is 1. The number of hydrogen-bond acceptors (Lipinski definition) is 7. The fourth-order valence-electron chi connectivity index (χ4n) is 3.59. The van der Waals surface area contributed by atoms with Gasteiger partial charge in [-0.25, -0.2) is 22.8 Å². The SMILES string of the molecule is C[C@H](/C=C/S(C)(=O)=O)NC(=O)c1ncc(N[C@H](c2cccc(F)c2Cl)C2COC2)c2nccn12. The first-order valence-corrected chi connectivity index (χ1v) is 12.8. The molecular weight excluding hydrogens is 485 g/mol. The van der Waals surface area contributed by atoms with E-state index >= 15 is 0 Å². The third kappa shape index (κ3) is 5.21. The van der Waals surface area contributed by atoms with Gasteiger partial charge in [0.25, 0.3) is 5.91 Å². The van der Waals surface area contributed by atoms with E-state index < -0.39 is 27.6 Å². The number of amides is 1. The Kier molecular flexibility index (Phi) is 6.87. The number of carbonyl (C=O) groups excluding carboxylic acids is 1. The lowest BCUT2D eigenvalue weighted by atomic mass is 9.91. The molecule has 4 rings (SSSR count). The number of nitrogens with one attached hydrogen (secondary N) is 2. The Balaban J connectivity index is 1.62. The highest BCUT2D eigenvalue weighted by Gasteiger charge is 2.32. The van der Waals surface area contributed by atoms with Gasteiger partial charge in [0.2, 0.25) is 5.82 Å². The minimum atomic E-state index is -3.31. The molecule has 0 aliphatic carbocycles. The fourth-order valence-corrected chi connectivity index (χ4v) is 4.36. The van der Waals surface area contributed by atoms with Crippen molar-refractivity contribution >= 4 is 38.7 Å². The van der Waals surface area contributed by atoms with Crippen molar-refractivity contribution in [1.29, 1.82) is 0 Å².